The van der Waals surface area contributed by atoms with Gasteiger partial charge in [-0.05, 0) is 71.2 Å². The molecule has 1 aromatic heterocycles. The molecule has 6 rings (SSSR count). The van der Waals surface area contributed by atoms with Crippen LogP contribution in [0.4, 0.5) is 11.4 Å². The van der Waals surface area contributed by atoms with E-state index in [1.165, 1.54) is 22.3 Å². The van der Waals surface area contributed by atoms with Crippen LogP contribution in [0.3, 0.4) is 0 Å². The molecule has 1 aliphatic rings. The second-order valence-electron chi connectivity index (χ2n) is 13.1. The topological polar surface area (TPSA) is 40.9 Å². The van der Waals surface area contributed by atoms with Crippen LogP contribution < -0.4 is 4.90 Å². The quantitative estimate of drug-likeness (QED) is 0.168. The van der Waals surface area contributed by atoms with Gasteiger partial charge in [0.25, 0.3) is 0 Å². The van der Waals surface area contributed by atoms with Crippen LogP contribution in [0.1, 0.15) is 106 Å². The van der Waals surface area contributed by atoms with Crippen LogP contribution in [0, 0.1) is 0 Å². The first-order valence-corrected chi connectivity index (χ1v) is 16.3. The van der Waals surface area contributed by atoms with Gasteiger partial charge in [0.05, 0.1) is 35.2 Å². The number of para-hydroxylation sites is 3. The number of nitrogens with zero attached hydrogens (tertiary/aromatic N) is 4. The van der Waals surface area contributed by atoms with E-state index < -0.39 is 0 Å². The Morgan fingerprint density at radius 2 is 1.38 bits per heavy atom. The lowest BCUT2D eigenvalue weighted by Crippen LogP contribution is -2.28. The number of pyridine rings is 1. The normalized spacial score (nSPS) is 15.5. The van der Waals surface area contributed by atoms with E-state index >= 15 is 0 Å². The SMILES string of the molecule is CC(=Nc1c(C(C)C)cccc1C(C)C)c1ccc2cccc(C3=NC(c4ccc(C(C)C)cc4)CN3c3ccccc3)c2n1. The Bertz CT molecular complexity index is 1840. The Morgan fingerprint density at radius 3 is 2.02 bits per heavy atom. The lowest BCUT2D eigenvalue weighted by atomic mass is 9.93. The summed E-state index contributed by atoms with van der Waals surface area (Å²) in [6.45, 7) is 16.3. The summed E-state index contributed by atoms with van der Waals surface area (Å²) >= 11 is 0. The molecular weight excluding hydrogens is 548 g/mol. The maximum atomic E-state index is 5.39. The molecule has 0 amide bonds. The van der Waals surface area contributed by atoms with E-state index in [4.69, 9.17) is 15.0 Å². The van der Waals surface area contributed by atoms with Gasteiger partial charge in [0.2, 0.25) is 0 Å². The number of aliphatic imine (C=N–C) groups is 2. The van der Waals surface area contributed by atoms with E-state index in [2.05, 4.69) is 156 Å². The van der Waals surface area contributed by atoms with Gasteiger partial charge in [-0.1, -0.05) is 120 Å². The smallest absolute Gasteiger partial charge is 0.138 e. The molecule has 228 valence electrons. The number of hydrogen-bond donors (Lipinski definition) is 0. The highest BCUT2D eigenvalue weighted by Gasteiger charge is 2.30. The molecule has 0 saturated heterocycles. The van der Waals surface area contributed by atoms with Crippen molar-refractivity contribution >= 4 is 33.8 Å². The number of hydrogen-bond acceptors (Lipinski definition) is 4. The van der Waals surface area contributed by atoms with Gasteiger partial charge >= 0.3 is 0 Å². The minimum absolute atomic E-state index is 0.0325. The minimum atomic E-state index is 0.0325. The first-order chi connectivity index (χ1) is 21.7. The number of benzene rings is 4. The molecule has 0 aliphatic carbocycles. The van der Waals surface area contributed by atoms with E-state index in [-0.39, 0.29) is 6.04 Å². The minimum Gasteiger partial charge on any atom is -0.324 e. The molecule has 4 aromatic carbocycles. The summed E-state index contributed by atoms with van der Waals surface area (Å²) in [6, 6.07) is 36.9. The van der Waals surface area contributed by atoms with Gasteiger partial charge in [0, 0.05) is 16.6 Å². The zero-order valence-corrected chi connectivity index (χ0v) is 27.6. The Labute approximate surface area is 268 Å². The van der Waals surface area contributed by atoms with Crippen LogP contribution in [0.2, 0.25) is 0 Å². The van der Waals surface area contributed by atoms with Crippen LogP contribution in [-0.2, 0) is 0 Å². The molecule has 0 radical (unpaired) electrons. The molecule has 45 heavy (non-hydrogen) atoms. The summed E-state index contributed by atoms with van der Waals surface area (Å²) < 4.78 is 0. The third-order valence-corrected chi connectivity index (χ3v) is 8.90. The maximum Gasteiger partial charge on any atom is 0.138 e. The van der Waals surface area contributed by atoms with Crippen molar-refractivity contribution < 1.29 is 0 Å². The highest BCUT2D eigenvalue weighted by atomic mass is 15.3. The molecule has 0 bridgehead atoms. The van der Waals surface area contributed by atoms with Gasteiger partial charge in [-0.2, -0.15) is 0 Å². The molecule has 4 nitrogen and oxygen atoms in total. The zero-order valence-electron chi connectivity index (χ0n) is 27.6. The Hall–Kier alpha value is -4.57. The average molecular weight is 593 g/mol. The summed E-state index contributed by atoms with van der Waals surface area (Å²) in [7, 11) is 0. The van der Waals surface area contributed by atoms with E-state index in [9.17, 15) is 0 Å². The molecular formula is C41H44N4. The largest absolute Gasteiger partial charge is 0.324 e. The number of amidine groups is 1. The second-order valence-corrected chi connectivity index (χ2v) is 13.1. The van der Waals surface area contributed by atoms with Crippen molar-refractivity contribution in [1.29, 1.82) is 0 Å². The summed E-state index contributed by atoms with van der Waals surface area (Å²) in [6.07, 6.45) is 0. The van der Waals surface area contributed by atoms with Crippen LogP contribution in [-0.4, -0.2) is 23.1 Å². The predicted molar refractivity (Wildman–Crippen MR) is 192 cm³/mol. The van der Waals surface area contributed by atoms with Crippen molar-refractivity contribution in [3.63, 3.8) is 0 Å². The summed E-state index contributed by atoms with van der Waals surface area (Å²) in [5.41, 5.74) is 11.1. The standard InChI is InChI=1S/C41H44N4/c1-26(2)30-19-21-31(22-20-30)38-25-45(33-14-9-8-10-15-33)41(44-38)36-18-11-13-32-23-24-37(43-39(32)36)29(7)42-40-34(27(3)4)16-12-17-35(40)28(5)6/h8-24,26-28,38H,25H2,1-7H3. The van der Waals surface area contributed by atoms with E-state index in [0.29, 0.717) is 17.8 Å². The molecule has 0 fully saturated rings. The van der Waals surface area contributed by atoms with E-state index in [0.717, 1.165) is 51.6 Å². The first kappa shape index (κ1) is 30.5. The monoisotopic (exact) mass is 592 g/mol. The number of anilines is 1. The second kappa shape index (κ2) is 12.8. The molecule has 0 saturated carbocycles. The van der Waals surface area contributed by atoms with E-state index in [1.807, 2.05) is 0 Å². The van der Waals surface area contributed by atoms with Gasteiger partial charge in [-0.25, -0.2) is 4.98 Å². The van der Waals surface area contributed by atoms with Crippen molar-refractivity contribution in [2.75, 3.05) is 11.4 Å². The van der Waals surface area contributed by atoms with Gasteiger partial charge in [-0.3, -0.25) is 9.98 Å². The highest BCUT2D eigenvalue weighted by Crippen LogP contribution is 2.36. The number of aromatic nitrogens is 1. The first-order valence-electron chi connectivity index (χ1n) is 16.3. The Morgan fingerprint density at radius 1 is 0.711 bits per heavy atom. The molecule has 5 aromatic rings. The van der Waals surface area contributed by atoms with Crippen molar-refractivity contribution in [2.45, 2.75) is 72.3 Å². The summed E-state index contributed by atoms with van der Waals surface area (Å²) in [4.78, 5) is 18.3. The fraction of sp³-hybridized carbons (Fsp3) is 0.293. The van der Waals surface area contributed by atoms with Crippen LogP contribution in [0.25, 0.3) is 10.9 Å². The molecule has 0 N–H and O–H groups in total. The molecule has 0 spiro atoms. The van der Waals surface area contributed by atoms with Gasteiger partial charge in [0.1, 0.15) is 5.84 Å². The van der Waals surface area contributed by atoms with Crippen molar-refractivity contribution in [2.24, 2.45) is 9.98 Å². The van der Waals surface area contributed by atoms with Crippen molar-refractivity contribution in [3.8, 4) is 0 Å². The Kier molecular flexibility index (Phi) is 8.67. The molecule has 1 atom stereocenters. The van der Waals surface area contributed by atoms with Gasteiger partial charge in [0.15, 0.2) is 0 Å². The zero-order chi connectivity index (χ0) is 31.7. The van der Waals surface area contributed by atoms with E-state index in [1.54, 1.807) is 0 Å². The van der Waals surface area contributed by atoms with Crippen LogP contribution >= 0.6 is 0 Å². The third-order valence-electron chi connectivity index (χ3n) is 8.90. The van der Waals surface area contributed by atoms with Gasteiger partial charge < -0.3 is 4.90 Å². The van der Waals surface area contributed by atoms with Gasteiger partial charge in [-0.15, -0.1) is 0 Å². The third kappa shape index (κ3) is 6.20. The molecule has 2 heterocycles. The average Bonchev–Trinajstić information content (AvgIpc) is 3.50. The predicted octanol–water partition coefficient (Wildman–Crippen LogP) is 10.8. The van der Waals surface area contributed by atoms with Crippen LogP contribution in [0.5, 0.6) is 0 Å². The lowest BCUT2D eigenvalue weighted by Gasteiger charge is -2.22. The lowest BCUT2D eigenvalue weighted by molar-refractivity contribution is 0.777. The maximum absolute atomic E-state index is 5.39. The van der Waals surface area contributed by atoms with Crippen molar-refractivity contribution in [1.82, 2.24) is 4.98 Å². The fourth-order valence-electron chi connectivity index (χ4n) is 6.25. The molecule has 1 aliphatic heterocycles. The number of fused-ring (bicyclic) bond motifs is 1. The summed E-state index contributed by atoms with van der Waals surface area (Å²) in [5, 5.41) is 1.09. The highest BCUT2D eigenvalue weighted by molar-refractivity contribution is 6.17. The van der Waals surface area contributed by atoms with Crippen molar-refractivity contribution in [3.05, 3.63) is 137 Å². The Balaban J connectivity index is 1.46. The molecule has 4 heteroatoms. The fourth-order valence-corrected chi connectivity index (χ4v) is 6.25. The van der Waals surface area contributed by atoms with Crippen LogP contribution in [0.15, 0.2) is 113 Å². The number of rotatable bonds is 8. The summed E-state index contributed by atoms with van der Waals surface area (Å²) in [5.74, 6) is 2.22. The molecule has 1 unspecified atom stereocenters.